The van der Waals surface area contributed by atoms with E-state index in [1.165, 1.54) is 54.0 Å². The summed E-state index contributed by atoms with van der Waals surface area (Å²) in [6.45, 7) is 0.0553. The van der Waals surface area contributed by atoms with Gasteiger partial charge in [0.1, 0.15) is 0 Å². The molecule has 4 rings (SSSR count). The number of anilines is 1. The summed E-state index contributed by atoms with van der Waals surface area (Å²) >= 11 is 0. The summed E-state index contributed by atoms with van der Waals surface area (Å²) in [4.78, 5) is 30.7. The number of halogens is 3. The van der Waals surface area contributed by atoms with Crippen LogP contribution in [0.1, 0.15) is 75.4 Å². The Morgan fingerprint density at radius 1 is 0.923 bits per heavy atom. The summed E-state index contributed by atoms with van der Waals surface area (Å²) in [5.41, 5.74) is 13.7. The van der Waals surface area contributed by atoms with Gasteiger partial charge in [0.15, 0.2) is 0 Å². The van der Waals surface area contributed by atoms with Crippen molar-refractivity contribution in [1.82, 2.24) is 0 Å². The minimum Gasteiger partial charge on any atom is -0.366 e. The molecule has 1 aliphatic carbocycles. The number of carbonyl (C=O) groups is 2. The number of carbonyl (C=O) groups excluding carboxylic acids is 2. The summed E-state index contributed by atoms with van der Waals surface area (Å²) in [7, 11) is 0. The van der Waals surface area contributed by atoms with Gasteiger partial charge in [-0.15, -0.1) is 5.11 Å². The Labute approximate surface area is 224 Å². The second-order valence-electron chi connectivity index (χ2n) is 9.48. The topological polar surface area (TPSA) is 112 Å². The Morgan fingerprint density at radius 3 is 2.21 bits per heavy atom. The molecular formula is C29H28F3N5O2. The zero-order chi connectivity index (χ0) is 28.0. The molecule has 1 aliphatic rings. The quantitative estimate of drug-likeness (QED) is 0.200. The molecule has 2 amide bonds. The molecule has 10 heteroatoms. The highest BCUT2D eigenvalue weighted by molar-refractivity contribution is 6.06. The summed E-state index contributed by atoms with van der Waals surface area (Å²) in [5, 5.41) is 2.89. The third kappa shape index (κ3) is 6.95. The van der Waals surface area contributed by atoms with E-state index in [0.29, 0.717) is 17.2 Å². The molecular weight excluding hydrogens is 507 g/mol. The van der Waals surface area contributed by atoms with E-state index in [9.17, 15) is 22.8 Å². The third-order valence-corrected chi connectivity index (χ3v) is 6.84. The maximum absolute atomic E-state index is 13.6. The van der Waals surface area contributed by atoms with E-state index in [-0.39, 0.29) is 17.7 Å². The predicted molar refractivity (Wildman–Crippen MR) is 142 cm³/mol. The van der Waals surface area contributed by atoms with Gasteiger partial charge in [-0.1, -0.05) is 49.6 Å². The number of hydrogen-bond donors (Lipinski definition) is 2. The number of alkyl halides is 3. The van der Waals surface area contributed by atoms with Crippen LogP contribution in [-0.4, -0.2) is 17.8 Å². The Balaban J connectivity index is 1.64. The molecule has 0 aromatic heterocycles. The third-order valence-electron chi connectivity index (χ3n) is 6.84. The fourth-order valence-corrected chi connectivity index (χ4v) is 4.76. The number of nitrogens with zero attached hydrogens (tertiary/aromatic N) is 3. The normalized spacial score (nSPS) is 14.6. The Morgan fingerprint density at radius 2 is 1.59 bits per heavy atom. The van der Waals surface area contributed by atoms with Crippen molar-refractivity contribution in [3.8, 4) is 0 Å². The zero-order valence-electron chi connectivity index (χ0n) is 21.1. The van der Waals surface area contributed by atoms with Gasteiger partial charge in [-0.3, -0.25) is 9.59 Å². The fourth-order valence-electron chi connectivity index (χ4n) is 4.76. The number of amides is 2. The molecule has 0 saturated heterocycles. The lowest BCUT2D eigenvalue weighted by atomic mass is 9.84. The largest absolute Gasteiger partial charge is 0.416 e. The molecule has 39 heavy (non-hydrogen) atoms. The van der Waals surface area contributed by atoms with Gasteiger partial charge in [0.2, 0.25) is 5.96 Å². The van der Waals surface area contributed by atoms with Crippen molar-refractivity contribution < 1.29 is 22.8 Å². The van der Waals surface area contributed by atoms with Crippen molar-refractivity contribution in [2.24, 2.45) is 15.8 Å². The molecule has 0 radical (unpaired) electrons. The number of benzene rings is 3. The van der Waals surface area contributed by atoms with Crippen LogP contribution in [0.15, 0.2) is 82.9 Å². The van der Waals surface area contributed by atoms with Gasteiger partial charge in [-0.25, -0.2) is 5.53 Å². The number of nitrogens with one attached hydrogen (secondary N) is 1. The number of guanidine groups is 1. The lowest BCUT2D eigenvalue weighted by molar-refractivity contribution is -0.137. The van der Waals surface area contributed by atoms with Crippen LogP contribution in [0.4, 0.5) is 18.9 Å². The first-order valence-electron chi connectivity index (χ1n) is 12.6. The molecule has 0 spiro atoms. The average Bonchev–Trinajstić information content (AvgIpc) is 2.96. The Kier molecular flexibility index (Phi) is 8.53. The van der Waals surface area contributed by atoms with E-state index < -0.39 is 29.5 Å². The molecule has 202 valence electrons. The highest BCUT2D eigenvalue weighted by Gasteiger charge is 2.31. The second kappa shape index (κ2) is 12.0. The van der Waals surface area contributed by atoms with Crippen molar-refractivity contribution in [1.29, 1.82) is 5.53 Å². The van der Waals surface area contributed by atoms with Crippen LogP contribution in [0.3, 0.4) is 0 Å². The van der Waals surface area contributed by atoms with E-state index in [1.807, 2.05) is 24.3 Å². The predicted octanol–water partition coefficient (Wildman–Crippen LogP) is 7.09. The van der Waals surface area contributed by atoms with Crippen molar-refractivity contribution >= 4 is 23.5 Å². The van der Waals surface area contributed by atoms with E-state index in [2.05, 4.69) is 10.1 Å². The summed E-state index contributed by atoms with van der Waals surface area (Å²) in [5.74, 6) is -1.27. The van der Waals surface area contributed by atoms with Crippen molar-refractivity contribution in [2.45, 2.75) is 50.7 Å². The molecule has 3 N–H and O–H groups in total. The first-order chi connectivity index (χ1) is 18.7. The SMILES string of the molecule is N=NC(N)=NC(=O)c1ccc(CN(C(=O)c2cccc(C(F)(F)F)c2)c2ccc(C3CCCCC3)cc2)cc1. The van der Waals surface area contributed by atoms with Gasteiger partial charge in [0.25, 0.3) is 11.8 Å². The van der Waals surface area contributed by atoms with E-state index in [0.717, 1.165) is 25.0 Å². The van der Waals surface area contributed by atoms with Crippen molar-refractivity contribution in [3.05, 3.63) is 101 Å². The van der Waals surface area contributed by atoms with Crippen molar-refractivity contribution in [2.75, 3.05) is 4.90 Å². The van der Waals surface area contributed by atoms with Crippen LogP contribution in [-0.2, 0) is 12.7 Å². The second-order valence-corrected chi connectivity index (χ2v) is 9.48. The monoisotopic (exact) mass is 535 g/mol. The number of rotatable bonds is 6. The highest BCUT2D eigenvalue weighted by atomic mass is 19.4. The molecule has 1 saturated carbocycles. The van der Waals surface area contributed by atoms with Crippen LogP contribution in [0.2, 0.25) is 0 Å². The summed E-state index contributed by atoms with van der Waals surface area (Å²) < 4.78 is 40.0. The molecule has 0 unspecified atom stereocenters. The van der Waals surface area contributed by atoms with Gasteiger partial charge in [-0.05, 0) is 72.4 Å². The number of hydrogen-bond acceptors (Lipinski definition) is 3. The molecule has 3 aromatic carbocycles. The zero-order valence-corrected chi connectivity index (χ0v) is 21.1. The number of nitrogens with two attached hydrogens (primary N) is 1. The van der Waals surface area contributed by atoms with E-state index in [1.54, 1.807) is 12.1 Å². The highest BCUT2D eigenvalue weighted by Crippen LogP contribution is 2.34. The lowest BCUT2D eigenvalue weighted by Gasteiger charge is -2.26. The van der Waals surface area contributed by atoms with Crippen LogP contribution in [0.25, 0.3) is 0 Å². The number of aliphatic imine (C=N–C) groups is 1. The van der Waals surface area contributed by atoms with Crippen LogP contribution >= 0.6 is 0 Å². The fraction of sp³-hybridized carbons (Fsp3) is 0.276. The summed E-state index contributed by atoms with van der Waals surface area (Å²) in [6.07, 6.45) is 1.25. The minimum absolute atomic E-state index is 0.0553. The molecule has 1 fully saturated rings. The van der Waals surface area contributed by atoms with Crippen LogP contribution in [0.5, 0.6) is 0 Å². The molecule has 0 atom stereocenters. The Hall–Kier alpha value is -4.34. The van der Waals surface area contributed by atoms with Crippen LogP contribution in [0, 0.1) is 5.53 Å². The Bertz CT molecular complexity index is 1360. The minimum atomic E-state index is -4.58. The first kappa shape index (κ1) is 27.7. The molecule has 0 bridgehead atoms. The average molecular weight is 536 g/mol. The van der Waals surface area contributed by atoms with E-state index in [4.69, 9.17) is 11.3 Å². The van der Waals surface area contributed by atoms with Gasteiger partial charge >= 0.3 is 6.18 Å². The first-order valence-corrected chi connectivity index (χ1v) is 12.6. The molecule has 3 aromatic rings. The smallest absolute Gasteiger partial charge is 0.366 e. The van der Waals surface area contributed by atoms with Crippen LogP contribution < -0.4 is 10.6 Å². The lowest BCUT2D eigenvalue weighted by Crippen LogP contribution is -2.30. The maximum atomic E-state index is 13.6. The molecule has 0 aliphatic heterocycles. The maximum Gasteiger partial charge on any atom is 0.416 e. The van der Waals surface area contributed by atoms with Gasteiger partial charge in [-0.2, -0.15) is 18.2 Å². The molecule has 7 nitrogen and oxygen atoms in total. The summed E-state index contributed by atoms with van der Waals surface area (Å²) in [6, 6.07) is 18.2. The molecule has 0 heterocycles. The standard InChI is InChI=1S/C29H28F3N5O2/c30-29(31,32)24-8-4-7-23(17-24)27(39)37(25-15-13-21(14-16-25)20-5-2-1-3-6-20)18-19-9-11-22(12-10-19)26(38)35-28(33)36-34/h4,7-17,20,34H,1-3,5-6,18H2,(H2,33,35,38). The van der Waals surface area contributed by atoms with Crippen molar-refractivity contribution in [3.63, 3.8) is 0 Å². The van der Waals surface area contributed by atoms with Gasteiger partial charge in [0, 0.05) is 16.8 Å². The van der Waals surface area contributed by atoms with Gasteiger partial charge in [0.05, 0.1) is 12.1 Å². The van der Waals surface area contributed by atoms with Gasteiger partial charge < -0.3 is 10.6 Å². The van der Waals surface area contributed by atoms with E-state index >= 15 is 0 Å².